The number of carbonyl (C=O) groups excluding carboxylic acids is 1. The summed E-state index contributed by atoms with van der Waals surface area (Å²) >= 11 is 1.26. The largest absolute Gasteiger partial charge is 0.444 e. The first kappa shape index (κ1) is 22.9. The fourth-order valence-electron chi connectivity index (χ4n) is 2.94. The van der Waals surface area contributed by atoms with Crippen molar-refractivity contribution in [3.63, 3.8) is 0 Å². The second-order valence-corrected chi connectivity index (χ2v) is 8.64. The van der Waals surface area contributed by atoms with E-state index < -0.39 is 47.6 Å². The zero-order valence-electron chi connectivity index (χ0n) is 16.8. The molecule has 2 aliphatic heterocycles. The first-order valence-electron chi connectivity index (χ1n) is 9.19. The molecular formula is C19H30N2O6S. The number of nitrogens with zero attached hydrogens (tertiary/aromatic N) is 1. The number of aliphatic hydroxyl groups is 1. The average molecular weight is 415 g/mol. The van der Waals surface area contributed by atoms with Gasteiger partial charge in [-0.05, 0) is 27.7 Å². The molecule has 0 aliphatic carbocycles. The van der Waals surface area contributed by atoms with Gasteiger partial charge in [0, 0.05) is 0 Å². The van der Waals surface area contributed by atoms with Crippen molar-refractivity contribution in [3.05, 3.63) is 25.3 Å². The Morgan fingerprint density at radius 1 is 1.32 bits per heavy atom. The van der Waals surface area contributed by atoms with Crippen molar-refractivity contribution < 1.29 is 28.8 Å². The van der Waals surface area contributed by atoms with Crippen molar-refractivity contribution in [2.24, 2.45) is 4.99 Å². The topological polar surface area (TPSA) is 98.6 Å². The normalized spacial score (nSPS) is 30.8. The summed E-state index contributed by atoms with van der Waals surface area (Å²) in [7, 11) is 0. The number of aliphatic imine (C=N–C) groups is 1. The van der Waals surface area contributed by atoms with Crippen molar-refractivity contribution in [1.29, 1.82) is 0 Å². The zero-order valence-corrected chi connectivity index (χ0v) is 17.6. The highest BCUT2D eigenvalue weighted by Gasteiger charge is 2.52. The van der Waals surface area contributed by atoms with Gasteiger partial charge >= 0.3 is 6.09 Å². The molecule has 1 unspecified atom stereocenters. The molecule has 8 nitrogen and oxygen atoms in total. The lowest BCUT2D eigenvalue weighted by Crippen LogP contribution is -2.59. The van der Waals surface area contributed by atoms with Gasteiger partial charge in [-0.1, -0.05) is 23.9 Å². The third-order valence-corrected chi connectivity index (χ3v) is 5.00. The van der Waals surface area contributed by atoms with Gasteiger partial charge in [0.15, 0.2) is 5.17 Å². The fourth-order valence-corrected chi connectivity index (χ4v) is 4.02. The first-order chi connectivity index (χ1) is 13.2. The lowest BCUT2D eigenvalue weighted by atomic mass is 9.95. The predicted molar refractivity (Wildman–Crippen MR) is 108 cm³/mol. The van der Waals surface area contributed by atoms with Gasteiger partial charge in [-0.25, -0.2) is 4.79 Å². The Labute approximate surface area is 170 Å². The van der Waals surface area contributed by atoms with Crippen molar-refractivity contribution in [1.82, 2.24) is 5.32 Å². The molecule has 1 amide bonds. The maximum Gasteiger partial charge on any atom is 0.413 e. The molecule has 0 bridgehead atoms. The van der Waals surface area contributed by atoms with Crippen LogP contribution in [-0.4, -0.2) is 71.1 Å². The summed E-state index contributed by atoms with van der Waals surface area (Å²) in [6.45, 7) is 14.9. The summed E-state index contributed by atoms with van der Waals surface area (Å²) in [6, 6.07) is -0.417. The van der Waals surface area contributed by atoms with E-state index in [-0.39, 0.29) is 6.61 Å². The highest BCUT2D eigenvalue weighted by atomic mass is 32.2. The van der Waals surface area contributed by atoms with E-state index >= 15 is 0 Å². The maximum absolute atomic E-state index is 12.1. The Morgan fingerprint density at radius 3 is 2.46 bits per heavy atom. The molecule has 0 aromatic heterocycles. The van der Waals surface area contributed by atoms with E-state index in [1.165, 1.54) is 11.8 Å². The van der Waals surface area contributed by atoms with Crippen LogP contribution in [0.2, 0.25) is 0 Å². The average Bonchev–Trinajstić information content (AvgIpc) is 2.97. The smallest absolute Gasteiger partial charge is 0.413 e. The SMILES string of the molecule is C=CCO[C@@H]1[C@H]2N=C(NC(=O)OC(C)(C)C)S[C@H]2O[C@H](C(C)O)[C@H]1OCC=C. The number of hydrogen-bond acceptors (Lipinski definition) is 8. The van der Waals surface area contributed by atoms with Crippen LogP contribution in [0.3, 0.4) is 0 Å². The lowest BCUT2D eigenvalue weighted by molar-refractivity contribution is -0.206. The molecule has 0 aromatic carbocycles. The molecule has 2 heterocycles. The van der Waals surface area contributed by atoms with Gasteiger partial charge in [0.25, 0.3) is 0 Å². The molecule has 6 atom stereocenters. The van der Waals surface area contributed by atoms with Crippen LogP contribution in [0.15, 0.2) is 30.3 Å². The number of ether oxygens (including phenoxy) is 4. The Kier molecular flexibility index (Phi) is 8.08. The Bertz CT molecular complexity index is 604. The number of amides is 1. The number of alkyl carbamates (subject to hydrolysis) is 1. The summed E-state index contributed by atoms with van der Waals surface area (Å²) in [6.07, 6.45) is 0.239. The van der Waals surface area contributed by atoms with Crippen molar-refractivity contribution >= 4 is 23.0 Å². The summed E-state index contributed by atoms with van der Waals surface area (Å²) in [5.74, 6) is 0. The van der Waals surface area contributed by atoms with Crippen LogP contribution in [0.25, 0.3) is 0 Å². The lowest BCUT2D eigenvalue weighted by Gasteiger charge is -2.43. The Hall–Kier alpha value is -1.39. The molecule has 0 radical (unpaired) electrons. The van der Waals surface area contributed by atoms with Crippen molar-refractivity contribution in [3.8, 4) is 0 Å². The van der Waals surface area contributed by atoms with E-state index in [9.17, 15) is 9.90 Å². The predicted octanol–water partition coefficient (Wildman–Crippen LogP) is 2.23. The highest BCUT2D eigenvalue weighted by molar-refractivity contribution is 8.14. The molecule has 0 spiro atoms. The quantitative estimate of drug-likeness (QED) is 0.617. The highest BCUT2D eigenvalue weighted by Crippen LogP contribution is 2.39. The molecule has 1 fully saturated rings. The fraction of sp³-hybridized carbons (Fsp3) is 0.684. The summed E-state index contributed by atoms with van der Waals surface area (Å²) in [5.41, 5.74) is -1.05. The van der Waals surface area contributed by atoms with Gasteiger partial charge in [0.1, 0.15) is 35.4 Å². The van der Waals surface area contributed by atoms with Crippen LogP contribution in [0.4, 0.5) is 4.79 Å². The molecule has 0 saturated carbocycles. The third kappa shape index (κ3) is 6.05. The van der Waals surface area contributed by atoms with Gasteiger partial charge in [-0.2, -0.15) is 0 Å². The molecular weight excluding hydrogens is 384 g/mol. The first-order valence-corrected chi connectivity index (χ1v) is 10.1. The van der Waals surface area contributed by atoms with E-state index in [1.54, 1.807) is 39.8 Å². The molecule has 158 valence electrons. The summed E-state index contributed by atoms with van der Waals surface area (Å²) in [5, 5.41) is 13.2. The second kappa shape index (κ2) is 9.89. The number of amidine groups is 1. The van der Waals surface area contributed by atoms with E-state index in [1.807, 2.05) is 0 Å². The van der Waals surface area contributed by atoms with Crippen LogP contribution in [0.1, 0.15) is 27.7 Å². The molecule has 9 heteroatoms. The van der Waals surface area contributed by atoms with Gasteiger partial charge in [-0.3, -0.25) is 10.3 Å². The number of nitrogens with one attached hydrogen (secondary N) is 1. The van der Waals surface area contributed by atoms with Crippen LogP contribution in [-0.2, 0) is 18.9 Å². The Balaban J connectivity index is 2.19. The third-order valence-electron chi connectivity index (χ3n) is 3.94. The van der Waals surface area contributed by atoms with E-state index in [2.05, 4.69) is 23.5 Å². The summed E-state index contributed by atoms with van der Waals surface area (Å²) in [4.78, 5) is 16.6. The van der Waals surface area contributed by atoms with Crippen molar-refractivity contribution in [2.45, 2.75) is 69.2 Å². The van der Waals surface area contributed by atoms with Crippen molar-refractivity contribution in [2.75, 3.05) is 13.2 Å². The number of rotatable bonds is 7. The number of fused-ring (bicyclic) bond motifs is 1. The van der Waals surface area contributed by atoms with Crippen LogP contribution in [0.5, 0.6) is 0 Å². The zero-order chi connectivity index (χ0) is 20.9. The number of carbonyl (C=O) groups is 1. The van der Waals surface area contributed by atoms with E-state index in [0.717, 1.165) is 0 Å². The molecule has 1 saturated heterocycles. The number of thioether (sulfide) groups is 1. The minimum Gasteiger partial charge on any atom is -0.444 e. The minimum atomic E-state index is -0.783. The Morgan fingerprint density at radius 2 is 1.93 bits per heavy atom. The molecule has 0 aromatic rings. The van der Waals surface area contributed by atoms with Gasteiger partial charge in [0.2, 0.25) is 0 Å². The maximum atomic E-state index is 12.1. The second-order valence-electron chi connectivity index (χ2n) is 7.55. The van der Waals surface area contributed by atoms with Gasteiger partial charge in [0.05, 0.1) is 19.3 Å². The standard InChI is InChI=1S/C19H30N2O6S/c1-7-9-24-14-12-16(26-13(11(3)22)15(14)25-10-8-2)28-17(20-12)21-18(23)27-19(4,5)6/h7-8,11-16,22H,1-2,9-10H2,3-6H3,(H,20,21,23)/t11?,12-,13-,14-,15-,16-/m1/s1. The van der Waals surface area contributed by atoms with Gasteiger partial charge in [-0.15, -0.1) is 13.2 Å². The van der Waals surface area contributed by atoms with E-state index in [4.69, 9.17) is 18.9 Å². The van der Waals surface area contributed by atoms with Gasteiger partial charge < -0.3 is 24.1 Å². The number of aliphatic hydroxyl groups excluding tert-OH is 1. The summed E-state index contributed by atoms with van der Waals surface area (Å²) < 4.78 is 23.1. The van der Waals surface area contributed by atoms with E-state index in [0.29, 0.717) is 11.8 Å². The monoisotopic (exact) mass is 414 g/mol. The van der Waals surface area contributed by atoms with Crippen LogP contribution < -0.4 is 5.32 Å². The van der Waals surface area contributed by atoms with Crippen LogP contribution in [0, 0.1) is 0 Å². The number of hydrogen-bond donors (Lipinski definition) is 2. The minimum absolute atomic E-state index is 0.280. The molecule has 2 rings (SSSR count). The molecule has 2 N–H and O–H groups in total. The molecule has 2 aliphatic rings. The molecule has 28 heavy (non-hydrogen) atoms. The van der Waals surface area contributed by atoms with Crippen LogP contribution >= 0.6 is 11.8 Å².